The third-order valence-corrected chi connectivity index (χ3v) is 5.88. The summed E-state index contributed by atoms with van der Waals surface area (Å²) in [6.45, 7) is 0. The Balaban J connectivity index is 2.04. The molecule has 2 aromatic carbocycles. The van der Waals surface area contributed by atoms with Crippen LogP contribution in [0.2, 0.25) is 0 Å². The van der Waals surface area contributed by atoms with Gasteiger partial charge in [0.05, 0.1) is 10.8 Å². The number of rotatable bonds is 5. The van der Waals surface area contributed by atoms with Crippen LogP contribution in [0.4, 0.5) is 0 Å². The van der Waals surface area contributed by atoms with Crippen LogP contribution in [-0.2, 0) is 4.79 Å². The van der Waals surface area contributed by atoms with Crippen molar-refractivity contribution in [2.75, 3.05) is 5.75 Å². The van der Waals surface area contributed by atoms with E-state index in [-0.39, 0.29) is 34.1 Å². The molecule has 1 heterocycles. The van der Waals surface area contributed by atoms with E-state index in [0.29, 0.717) is 0 Å². The lowest BCUT2D eigenvalue weighted by Crippen LogP contribution is -2.36. The van der Waals surface area contributed by atoms with Gasteiger partial charge in [-0.15, -0.1) is 11.8 Å². The van der Waals surface area contributed by atoms with Gasteiger partial charge < -0.3 is 46.2 Å². The molecule has 0 aromatic heterocycles. The van der Waals surface area contributed by atoms with Crippen molar-refractivity contribution in [2.24, 2.45) is 5.73 Å². The Bertz CT molecular complexity index is 928. The van der Waals surface area contributed by atoms with Gasteiger partial charge in [0, 0.05) is 23.4 Å². The fourth-order valence-corrected chi connectivity index (χ4v) is 4.33. The molecular weight excluding hydrogens is 406 g/mol. The second-order valence-electron chi connectivity index (χ2n) is 6.51. The van der Waals surface area contributed by atoms with Crippen LogP contribution >= 0.6 is 11.8 Å². The molecule has 0 spiro atoms. The smallest absolute Gasteiger partial charge is 0.321 e. The van der Waals surface area contributed by atoms with E-state index < -0.39 is 46.7 Å². The predicted molar refractivity (Wildman–Crippen MR) is 101 cm³/mol. The number of phenols is 5. The van der Waals surface area contributed by atoms with E-state index in [4.69, 9.17) is 15.6 Å². The summed E-state index contributed by atoms with van der Waals surface area (Å²) in [5.41, 5.74) is 5.78. The summed E-state index contributed by atoms with van der Waals surface area (Å²) in [5.74, 6) is -4.02. The third-order valence-electron chi connectivity index (χ3n) is 4.46. The first-order valence-electron chi connectivity index (χ1n) is 8.35. The highest BCUT2D eigenvalue weighted by molar-refractivity contribution is 7.99. The van der Waals surface area contributed by atoms with Crippen LogP contribution in [0.5, 0.6) is 34.5 Å². The Morgan fingerprint density at radius 1 is 1.07 bits per heavy atom. The van der Waals surface area contributed by atoms with Gasteiger partial charge in [0.2, 0.25) is 0 Å². The van der Waals surface area contributed by atoms with E-state index in [1.54, 1.807) is 0 Å². The lowest BCUT2D eigenvalue weighted by atomic mass is 9.93. The topological polar surface area (TPSA) is 194 Å². The number of aliphatic hydroxyl groups is 1. The number of carboxylic acid groups (broad SMARTS) is 1. The molecule has 0 unspecified atom stereocenters. The zero-order chi connectivity index (χ0) is 21.5. The van der Waals surface area contributed by atoms with Gasteiger partial charge in [-0.3, -0.25) is 4.79 Å². The maximum absolute atomic E-state index is 11.0. The van der Waals surface area contributed by atoms with Gasteiger partial charge in [-0.05, 0) is 12.1 Å². The highest BCUT2D eigenvalue weighted by Crippen LogP contribution is 2.53. The molecule has 0 saturated carbocycles. The standard InChI is InChI=1S/C18H19NO9S/c19-8(18(26)27)5-29-17-13-9(21)3-7(20)4-12(13)28-16(15(17)25)6-1-10(22)14(24)11(23)2-6/h1-4,8,15-17,20-25H,5,19H2,(H,26,27)/t8-,15+,16+,17+/m0/s1. The molecule has 0 bridgehead atoms. The van der Waals surface area contributed by atoms with Gasteiger partial charge in [0.25, 0.3) is 0 Å². The maximum Gasteiger partial charge on any atom is 0.321 e. The summed E-state index contributed by atoms with van der Waals surface area (Å²) in [7, 11) is 0. The number of aliphatic hydroxyl groups excluding tert-OH is 1. The number of aliphatic carboxylic acids is 1. The molecule has 0 amide bonds. The zero-order valence-corrected chi connectivity index (χ0v) is 15.6. The number of phenolic OH excluding ortho intramolecular Hbond substituents is 5. The van der Waals surface area contributed by atoms with Crippen LogP contribution in [0, 0.1) is 0 Å². The minimum atomic E-state index is -1.37. The number of nitrogens with two attached hydrogens (primary N) is 1. The van der Waals surface area contributed by atoms with Crippen molar-refractivity contribution in [3.8, 4) is 34.5 Å². The average Bonchev–Trinajstić information content (AvgIpc) is 2.64. The largest absolute Gasteiger partial charge is 0.508 e. The molecule has 3 rings (SSSR count). The zero-order valence-electron chi connectivity index (χ0n) is 14.8. The molecule has 11 heteroatoms. The third kappa shape index (κ3) is 3.92. The minimum Gasteiger partial charge on any atom is -0.508 e. The Morgan fingerprint density at radius 2 is 1.69 bits per heavy atom. The van der Waals surface area contributed by atoms with E-state index in [0.717, 1.165) is 30.0 Å². The predicted octanol–water partition coefficient (Wildman–Crippen LogP) is 0.895. The average molecular weight is 425 g/mol. The number of benzene rings is 2. The Labute approximate surface area is 168 Å². The van der Waals surface area contributed by atoms with Crippen molar-refractivity contribution >= 4 is 17.7 Å². The molecule has 1 aliphatic rings. The molecule has 4 atom stereocenters. The van der Waals surface area contributed by atoms with Crippen molar-refractivity contribution in [3.05, 3.63) is 35.4 Å². The summed E-state index contributed by atoms with van der Waals surface area (Å²) in [6, 6.07) is 3.21. The van der Waals surface area contributed by atoms with Gasteiger partial charge in [-0.2, -0.15) is 0 Å². The molecule has 156 valence electrons. The van der Waals surface area contributed by atoms with Gasteiger partial charge in [-0.1, -0.05) is 0 Å². The van der Waals surface area contributed by atoms with Gasteiger partial charge in [-0.25, -0.2) is 0 Å². The van der Waals surface area contributed by atoms with Gasteiger partial charge in [0.15, 0.2) is 23.4 Å². The molecule has 9 N–H and O–H groups in total. The van der Waals surface area contributed by atoms with Gasteiger partial charge in [0.1, 0.15) is 29.4 Å². The van der Waals surface area contributed by atoms with Crippen molar-refractivity contribution in [1.82, 2.24) is 0 Å². The van der Waals surface area contributed by atoms with Crippen LogP contribution in [0.15, 0.2) is 24.3 Å². The quantitative estimate of drug-likeness (QED) is 0.317. The number of fused-ring (bicyclic) bond motifs is 1. The number of hydrogen-bond acceptors (Lipinski definition) is 10. The first-order chi connectivity index (χ1) is 13.6. The first kappa shape index (κ1) is 20.7. The van der Waals surface area contributed by atoms with Crippen LogP contribution < -0.4 is 10.5 Å². The second-order valence-corrected chi connectivity index (χ2v) is 7.69. The molecule has 0 saturated heterocycles. The van der Waals surface area contributed by atoms with E-state index in [1.807, 2.05) is 0 Å². The number of carboxylic acids is 1. The van der Waals surface area contributed by atoms with E-state index in [1.165, 1.54) is 6.07 Å². The fourth-order valence-electron chi connectivity index (χ4n) is 3.03. The van der Waals surface area contributed by atoms with Crippen LogP contribution in [0.1, 0.15) is 22.5 Å². The lowest BCUT2D eigenvalue weighted by Gasteiger charge is -2.37. The molecule has 2 aromatic rings. The normalized spacial score (nSPS) is 21.8. The monoisotopic (exact) mass is 425 g/mol. The van der Waals surface area contributed by atoms with Crippen LogP contribution in [-0.4, -0.2) is 59.6 Å². The summed E-state index contributed by atoms with van der Waals surface area (Å²) in [4.78, 5) is 11.0. The first-order valence-corrected chi connectivity index (χ1v) is 9.40. The number of aromatic hydroxyl groups is 5. The number of ether oxygens (including phenoxy) is 1. The Morgan fingerprint density at radius 3 is 2.28 bits per heavy atom. The summed E-state index contributed by atoms with van der Waals surface area (Å²) >= 11 is 0.963. The number of thioether (sulfide) groups is 1. The Hall–Kier alpha value is -3.02. The molecule has 1 aliphatic heterocycles. The van der Waals surface area contributed by atoms with Crippen molar-refractivity contribution in [2.45, 2.75) is 23.5 Å². The summed E-state index contributed by atoms with van der Waals surface area (Å²) in [6.07, 6.45) is -2.55. The molecule has 0 fully saturated rings. The maximum atomic E-state index is 11.0. The SMILES string of the molecule is N[C@@H](CS[C@@H]1c2c(O)cc(O)cc2O[C@H](c2cc(O)c(O)c(O)c2)[C@H]1O)C(=O)O. The highest BCUT2D eigenvalue weighted by atomic mass is 32.2. The number of hydrogen-bond donors (Lipinski definition) is 8. The molecular formula is C18H19NO9S. The minimum absolute atomic E-state index is 0.0197. The van der Waals surface area contributed by atoms with Gasteiger partial charge >= 0.3 is 5.97 Å². The lowest BCUT2D eigenvalue weighted by molar-refractivity contribution is -0.137. The van der Waals surface area contributed by atoms with E-state index in [9.17, 15) is 35.4 Å². The van der Waals surface area contributed by atoms with E-state index >= 15 is 0 Å². The molecule has 10 nitrogen and oxygen atoms in total. The molecule has 0 radical (unpaired) electrons. The molecule has 29 heavy (non-hydrogen) atoms. The fraction of sp³-hybridized carbons (Fsp3) is 0.278. The highest BCUT2D eigenvalue weighted by Gasteiger charge is 2.41. The summed E-state index contributed by atoms with van der Waals surface area (Å²) in [5, 5.41) is 68.1. The second kappa shape index (κ2) is 7.78. The van der Waals surface area contributed by atoms with E-state index in [2.05, 4.69) is 0 Å². The van der Waals surface area contributed by atoms with Crippen molar-refractivity contribution < 1.29 is 45.3 Å². The van der Waals surface area contributed by atoms with Crippen LogP contribution in [0.3, 0.4) is 0 Å². The number of carbonyl (C=O) groups is 1. The van der Waals surface area contributed by atoms with Crippen molar-refractivity contribution in [3.63, 3.8) is 0 Å². The molecule has 0 aliphatic carbocycles. The van der Waals surface area contributed by atoms with Crippen LogP contribution in [0.25, 0.3) is 0 Å². The summed E-state index contributed by atoms with van der Waals surface area (Å²) < 4.78 is 5.69. The Kier molecular flexibility index (Phi) is 5.55. The van der Waals surface area contributed by atoms with Crippen molar-refractivity contribution in [1.29, 1.82) is 0 Å².